The van der Waals surface area contributed by atoms with Crippen LogP contribution < -0.4 is 10.6 Å². The number of rotatable bonds is 1. The van der Waals surface area contributed by atoms with Gasteiger partial charge >= 0.3 is 0 Å². The van der Waals surface area contributed by atoms with Crippen molar-refractivity contribution in [2.45, 2.75) is 18.3 Å². The summed E-state index contributed by atoms with van der Waals surface area (Å²) in [5, 5.41) is 15.2. The Balaban J connectivity index is 1.61. The number of aromatic nitrogens is 1. The molecule has 2 nitrogen and oxygen atoms in total. The van der Waals surface area contributed by atoms with Gasteiger partial charge in [0, 0.05) is 26.9 Å². The van der Waals surface area contributed by atoms with Crippen molar-refractivity contribution >= 4 is 40.2 Å². The molecular weight excluding hydrogens is 510 g/mol. The topological polar surface area (TPSA) is 25.2 Å². The second-order valence-electron chi connectivity index (χ2n) is 10.7. The number of fused-ring (bicyclic) bond motifs is 9. The van der Waals surface area contributed by atoms with Gasteiger partial charge in [-0.1, -0.05) is 90.5 Å². The van der Waals surface area contributed by atoms with E-state index in [1.54, 1.807) is 0 Å². The van der Waals surface area contributed by atoms with Crippen LogP contribution in [0.3, 0.4) is 0 Å². The molecule has 5 aromatic rings. The predicted octanol–water partition coefficient (Wildman–Crippen LogP) is 7.75. The highest BCUT2D eigenvalue weighted by Gasteiger charge is 2.49. The summed E-state index contributed by atoms with van der Waals surface area (Å²) in [5.74, 6) is 0. The Morgan fingerprint density at radius 1 is 0.825 bits per heavy atom. The summed E-state index contributed by atoms with van der Waals surface area (Å²) in [4.78, 5) is 0. The summed E-state index contributed by atoms with van der Waals surface area (Å²) in [6.07, 6.45) is 12.3. The first kappa shape index (κ1) is 23.4. The van der Waals surface area contributed by atoms with Crippen LogP contribution in [0.15, 0.2) is 127 Å². The fourth-order valence-electron chi connectivity index (χ4n) is 7.28. The third-order valence-electron chi connectivity index (χ3n) is 8.79. The summed E-state index contributed by atoms with van der Waals surface area (Å²) in [6.45, 7) is 0. The van der Waals surface area contributed by atoms with Gasteiger partial charge in [0.2, 0.25) is 0 Å². The van der Waals surface area contributed by atoms with Crippen LogP contribution in [-0.4, -0.2) is 9.67 Å². The summed E-state index contributed by atoms with van der Waals surface area (Å²) >= 11 is 6.70. The molecule has 0 bridgehead atoms. The molecule has 0 fully saturated rings. The molecule has 1 aromatic heterocycles. The SMILES string of the molecule is O/C=C1/C=c2\c(c3ccccc3n2-c2ccccc2)=C/c2cc(Cl)ccc2C12C1=C(C=CCC1)c1ccccc12. The van der Waals surface area contributed by atoms with Crippen LogP contribution in [0.4, 0.5) is 0 Å². The fraction of sp³-hybridized carbons (Fsp3) is 0.0811. The lowest BCUT2D eigenvalue weighted by Gasteiger charge is -2.38. The van der Waals surface area contributed by atoms with Crippen LogP contribution in [0.1, 0.15) is 35.1 Å². The number of halogens is 1. The number of hydrogen-bond donors (Lipinski definition) is 1. The number of allylic oxidation sites excluding steroid dienone is 5. The van der Waals surface area contributed by atoms with Crippen molar-refractivity contribution in [3.63, 3.8) is 0 Å². The Labute approximate surface area is 237 Å². The standard InChI is InChI=1S/C37H26ClNO/c38-26-18-19-32-24(20-26)21-31-30-14-6-9-17-35(30)39(27-10-2-1-3-11-27)36(31)22-25(23-40)37(32)33-15-7-4-12-28(33)29-13-5-8-16-34(29)37/h1-7,9-15,17-23,40H,8,16H2/b25-23-,31-21-,36-22+. The Morgan fingerprint density at radius 2 is 1.62 bits per heavy atom. The van der Waals surface area contributed by atoms with E-state index in [1.165, 1.54) is 28.5 Å². The van der Waals surface area contributed by atoms with Crippen LogP contribution in [-0.2, 0) is 5.41 Å². The molecule has 40 heavy (non-hydrogen) atoms. The molecule has 4 aromatic carbocycles. The first-order chi connectivity index (χ1) is 19.7. The van der Waals surface area contributed by atoms with E-state index in [4.69, 9.17) is 11.6 Å². The molecule has 0 saturated heterocycles. The Bertz CT molecular complexity index is 2080. The molecule has 0 radical (unpaired) electrons. The van der Waals surface area contributed by atoms with E-state index in [2.05, 4.69) is 114 Å². The van der Waals surface area contributed by atoms with Crippen LogP contribution in [0.2, 0.25) is 5.02 Å². The quantitative estimate of drug-likeness (QED) is 0.218. The van der Waals surface area contributed by atoms with Crippen molar-refractivity contribution in [2.24, 2.45) is 0 Å². The molecule has 1 heterocycles. The lowest BCUT2D eigenvalue weighted by Crippen LogP contribution is -2.37. The molecule has 3 aliphatic rings. The van der Waals surface area contributed by atoms with Gasteiger partial charge in [0.25, 0.3) is 0 Å². The molecule has 0 saturated carbocycles. The van der Waals surface area contributed by atoms with E-state index in [0.717, 1.165) is 56.7 Å². The summed E-state index contributed by atoms with van der Waals surface area (Å²) in [7, 11) is 0. The number of aliphatic hydroxyl groups excluding tert-OH is 1. The Hall–Kier alpha value is -4.53. The largest absolute Gasteiger partial charge is 0.515 e. The molecule has 0 amide bonds. The van der Waals surface area contributed by atoms with Gasteiger partial charge in [0.05, 0.1) is 22.5 Å². The molecule has 192 valence electrons. The maximum absolute atomic E-state index is 11.2. The molecule has 1 N–H and O–H groups in total. The van der Waals surface area contributed by atoms with E-state index in [-0.39, 0.29) is 0 Å². The van der Waals surface area contributed by atoms with Crippen molar-refractivity contribution < 1.29 is 5.11 Å². The minimum absolute atomic E-state index is 0.641. The molecule has 1 atom stereocenters. The number of benzene rings is 4. The van der Waals surface area contributed by atoms with E-state index < -0.39 is 5.41 Å². The molecular formula is C37H26ClNO. The molecule has 0 aliphatic heterocycles. The predicted molar refractivity (Wildman–Crippen MR) is 165 cm³/mol. The van der Waals surface area contributed by atoms with Gasteiger partial charge in [-0.05, 0) is 88.7 Å². The highest BCUT2D eigenvalue weighted by Crippen LogP contribution is 2.58. The Kier molecular flexibility index (Phi) is 5.11. The third kappa shape index (κ3) is 3.06. The molecule has 3 heteroatoms. The maximum Gasteiger partial charge on any atom is 0.0840 e. The number of para-hydroxylation sites is 2. The molecule has 1 spiro atoms. The van der Waals surface area contributed by atoms with Crippen LogP contribution >= 0.6 is 11.6 Å². The third-order valence-corrected chi connectivity index (χ3v) is 9.03. The number of aliphatic hydroxyl groups is 1. The van der Waals surface area contributed by atoms with Gasteiger partial charge < -0.3 is 9.67 Å². The van der Waals surface area contributed by atoms with Crippen LogP contribution in [0.5, 0.6) is 0 Å². The minimum atomic E-state index is -0.641. The van der Waals surface area contributed by atoms with Crippen molar-refractivity contribution in [2.75, 3.05) is 0 Å². The molecule has 1 unspecified atom stereocenters. The van der Waals surface area contributed by atoms with E-state index in [1.807, 2.05) is 12.1 Å². The smallest absolute Gasteiger partial charge is 0.0840 e. The van der Waals surface area contributed by atoms with E-state index in [0.29, 0.717) is 5.02 Å². The zero-order valence-electron chi connectivity index (χ0n) is 21.8. The summed E-state index contributed by atoms with van der Waals surface area (Å²) < 4.78 is 2.31. The number of hydrogen-bond acceptors (Lipinski definition) is 1. The molecule has 3 aliphatic carbocycles. The van der Waals surface area contributed by atoms with E-state index in [9.17, 15) is 5.11 Å². The Morgan fingerprint density at radius 3 is 2.50 bits per heavy atom. The van der Waals surface area contributed by atoms with Gasteiger partial charge in [-0.15, -0.1) is 0 Å². The van der Waals surface area contributed by atoms with Crippen molar-refractivity contribution in [1.29, 1.82) is 0 Å². The lowest BCUT2D eigenvalue weighted by molar-refractivity contribution is 0.460. The first-order valence-corrected chi connectivity index (χ1v) is 14.1. The van der Waals surface area contributed by atoms with E-state index >= 15 is 0 Å². The maximum atomic E-state index is 11.2. The van der Waals surface area contributed by atoms with Gasteiger partial charge in [0.15, 0.2) is 0 Å². The highest BCUT2D eigenvalue weighted by molar-refractivity contribution is 6.30. The first-order valence-electron chi connectivity index (χ1n) is 13.7. The van der Waals surface area contributed by atoms with Gasteiger partial charge in [-0.25, -0.2) is 0 Å². The zero-order valence-corrected chi connectivity index (χ0v) is 22.6. The summed E-state index contributed by atoms with van der Waals surface area (Å²) in [6, 6.07) is 33.9. The monoisotopic (exact) mass is 535 g/mol. The average molecular weight is 536 g/mol. The van der Waals surface area contributed by atoms with Gasteiger partial charge in [-0.2, -0.15) is 0 Å². The fourth-order valence-corrected chi connectivity index (χ4v) is 7.46. The minimum Gasteiger partial charge on any atom is -0.515 e. The highest BCUT2D eigenvalue weighted by atomic mass is 35.5. The van der Waals surface area contributed by atoms with Crippen molar-refractivity contribution in [3.8, 4) is 5.69 Å². The average Bonchev–Trinajstić information content (AvgIpc) is 3.46. The van der Waals surface area contributed by atoms with Gasteiger partial charge in [-0.3, -0.25) is 0 Å². The lowest BCUT2D eigenvalue weighted by atomic mass is 9.63. The van der Waals surface area contributed by atoms with Crippen LogP contribution in [0.25, 0.3) is 34.3 Å². The molecule has 8 rings (SSSR count). The van der Waals surface area contributed by atoms with Crippen molar-refractivity contribution in [1.82, 2.24) is 4.57 Å². The van der Waals surface area contributed by atoms with Gasteiger partial charge in [0.1, 0.15) is 0 Å². The normalized spacial score (nSPS) is 21.6. The van der Waals surface area contributed by atoms with Crippen LogP contribution in [0, 0.1) is 0 Å². The van der Waals surface area contributed by atoms with Crippen molar-refractivity contribution in [3.05, 3.63) is 164 Å². The second-order valence-corrected chi connectivity index (χ2v) is 11.2. The number of nitrogens with zero attached hydrogens (tertiary/aromatic N) is 1. The zero-order chi connectivity index (χ0) is 26.8. The second kappa shape index (κ2) is 8.74. The summed E-state index contributed by atoms with van der Waals surface area (Å²) in [5.41, 5.74) is 9.65.